The summed E-state index contributed by atoms with van der Waals surface area (Å²) in [5.41, 5.74) is 0.216. The Bertz CT molecular complexity index is 226. The van der Waals surface area contributed by atoms with Gasteiger partial charge in [-0.15, -0.1) is 0 Å². The van der Waals surface area contributed by atoms with Gasteiger partial charge in [0.15, 0.2) is 0 Å². The standard InChI is InChI=1S/C14H27NO2S/c1-16-8-3-2-7-15-13-4-9-17-14(12-13)5-10-18-11-6-14/h13,15H,2-12H2,1H3. The maximum atomic E-state index is 6.11. The van der Waals surface area contributed by atoms with Crippen LogP contribution in [-0.2, 0) is 9.47 Å². The summed E-state index contributed by atoms with van der Waals surface area (Å²) in [5.74, 6) is 2.56. The highest BCUT2D eigenvalue weighted by atomic mass is 32.2. The monoisotopic (exact) mass is 273 g/mol. The van der Waals surface area contributed by atoms with Crippen LogP contribution in [0.1, 0.15) is 38.5 Å². The zero-order valence-electron chi connectivity index (χ0n) is 11.6. The van der Waals surface area contributed by atoms with Crippen LogP contribution in [0, 0.1) is 0 Å². The van der Waals surface area contributed by atoms with Crippen LogP contribution in [0.15, 0.2) is 0 Å². The third-order valence-corrected chi connectivity index (χ3v) is 5.09. The molecule has 18 heavy (non-hydrogen) atoms. The van der Waals surface area contributed by atoms with Crippen LogP contribution >= 0.6 is 11.8 Å². The van der Waals surface area contributed by atoms with Crippen molar-refractivity contribution in [2.24, 2.45) is 0 Å². The van der Waals surface area contributed by atoms with Crippen LogP contribution in [0.2, 0.25) is 0 Å². The Kier molecular flexibility index (Phi) is 6.29. The Morgan fingerprint density at radius 2 is 2.17 bits per heavy atom. The van der Waals surface area contributed by atoms with E-state index in [1.807, 2.05) is 0 Å². The highest BCUT2D eigenvalue weighted by molar-refractivity contribution is 7.99. The number of rotatable bonds is 6. The van der Waals surface area contributed by atoms with Gasteiger partial charge in [-0.3, -0.25) is 0 Å². The van der Waals surface area contributed by atoms with Gasteiger partial charge in [-0.2, -0.15) is 11.8 Å². The van der Waals surface area contributed by atoms with Gasteiger partial charge in [0.05, 0.1) is 5.60 Å². The molecule has 2 aliphatic heterocycles. The summed E-state index contributed by atoms with van der Waals surface area (Å²) < 4.78 is 11.2. The molecule has 2 saturated heterocycles. The lowest BCUT2D eigenvalue weighted by atomic mass is 9.85. The summed E-state index contributed by atoms with van der Waals surface area (Å²) in [6.45, 7) is 2.95. The molecule has 2 fully saturated rings. The Labute approximate surface area is 115 Å². The van der Waals surface area contributed by atoms with E-state index in [1.165, 1.54) is 43.6 Å². The van der Waals surface area contributed by atoms with Crippen molar-refractivity contribution in [1.82, 2.24) is 5.32 Å². The van der Waals surface area contributed by atoms with E-state index < -0.39 is 0 Å². The Hall–Kier alpha value is 0.230. The van der Waals surface area contributed by atoms with E-state index in [2.05, 4.69) is 17.1 Å². The molecule has 3 nitrogen and oxygen atoms in total. The van der Waals surface area contributed by atoms with Crippen LogP contribution in [0.4, 0.5) is 0 Å². The summed E-state index contributed by atoms with van der Waals surface area (Å²) in [6, 6.07) is 0.671. The van der Waals surface area contributed by atoms with Crippen molar-refractivity contribution >= 4 is 11.8 Å². The summed E-state index contributed by atoms with van der Waals surface area (Å²) in [7, 11) is 1.77. The molecular weight excluding hydrogens is 246 g/mol. The second kappa shape index (κ2) is 7.73. The van der Waals surface area contributed by atoms with Crippen LogP contribution < -0.4 is 5.32 Å². The van der Waals surface area contributed by atoms with E-state index in [-0.39, 0.29) is 5.60 Å². The van der Waals surface area contributed by atoms with Crippen LogP contribution in [-0.4, -0.2) is 50.0 Å². The van der Waals surface area contributed by atoms with Crippen molar-refractivity contribution in [3.63, 3.8) is 0 Å². The van der Waals surface area contributed by atoms with E-state index in [9.17, 15) is 0 Å². The molecule has 0 radical (unpaired) electrons. The highest BCUT2D eigenvalue weighted by Gasteiger charge is 2.38. The highest BCUT2D eigenvalue weighted by Crippen LogP contribution is 2.37. The maximum absolute atomic E-state index is 6.11. The molecule has 0 aromatic heterocycles. The van der Waals surface area contributed by atoms with Crippen LogP contribution in [0.3, 0.4) is 0 Å². The molecule has 2 heterocycles. The molecule has 0 saturated carbocycles. The van der Waals surface area contributed by atoms with Crippen molar-refractivity contribution in [1.29, 1.82) is 0 Å². The average molecular weight is 273 g/mol. The fourth-order valence-electron chi connectivity index (χ4n) is 2.97. The molecule has 4 heteroatoms. The normalized spacial score (nSPS) is 27.5. The van der Waals surface area contributed by atoms with E-state index >= 15 is 0 Å². The van der Waals surface area contributed by atoms with Gasteiger partial charge in [0.25, 0.3) is 0 Å². The Morgan fingerprint density at radius 3 is 2.94 bits per heavy atom. The van der Waals surface area contributed by atoms with E-state index in [1.54, 1.807) is 7.11 Å². The number of hydrogen-bond acceptors (Lipinski definition) is 4. The lowest BCUT2D eigenvalue weighted by Crippen LogP contribution is -2.49. The molecule has 0 aromatic rings. The van der Waals surface area contributed by atoms with Gasteiger partial charge < -0.3 is 14.8 Å². The topological polar surface area (TPSA) is 30.5 Å². The molecule has 2 aliphatic rings. The number of methoxy groups -OCH3 is 1. The third kappa shape index (κ3) is 4.41. The largest absolute Gasteiger partial charge is 0.385 e. The van der Waals surface area contributed by atoms with Crippen molar-refractivity contribution in [3.05, 3.63) is 0 Å². The van der Waals surface area contributed by atoms with Gasteiger partial charge >= 0.3 is 0 Å². The molecule has 1 spiro atoms. The van der Waals surface area contributed by atoms with Gasteiger partial charge in [-0.25, -0.2) is 0 Å². The van der Waals surface area contributed by atoms with E-state index in [0.717, 1.165) is 26.2 Å². The van der Waals surface area contributed by atoms with Gasteiger partial charge in [0.1, 0.15) is 0 Å². The maximum Gasteiger partial charge on any atom is 0.0713 e. The number of unbranched alkanes of at least 4 members (excludes halogenated alkanes) is 1. The third-order valence-electron chi connectivity index (χ3n) is 4.11. The molecular formula is C14H27NO2S. The minimum absolute atomic E-state index is 0.216. The van der Waals surface area contributed by atoms with Gasteiger partial charge in [-0.1, -0.05) is 0 Å². The number of thioether (sulfide) groups is 1. The van der Waals surface area contributed by atoms with E-state index in [0.29, 0.717) is 6.04 Å². The smallest absolute Gasteiger partial charge is 0.0713 e. The first-order chi connectivity index (χ1) is 8.85. The predicted octanol–water partition coefficient (Wildman–Crippen LogP) is 2.45. The second-order valence-electron chi connectivity index (χ2n) is 5.49. The average Bonchev–Trinajstić information content (AvgIpc) is 2.40. The molecule has 0 aliphatic carbocycles. The fourth-order valence-corrected chi connectivity index (χ4v) is 4.21. The van der Waals surface area contributed by atoms with Crippen molar-refractivity contribution in [2.75, 3.05) is 38.4 Å². The van der Waals surface area contributed by atoms with Crippen LogP contribution in [0.25, 0.3) is 0 Å². The zero-order chi connectivity index (χ0) is 12.7. The van der Waals surface area contributed by atoms with Crippen molar-refractivity contribution in [2.45, 2.75) is 50.2 Å². The molecule has 1 atom stereocenters. The molecule has 1 N–H and O–H groups in total. The summed E-state index contributed by atoms with van der Waals surface area (Å²) in [5, 5.41) is 3.71. The molecule has 1 unspecified atom stereocenters. The first kappa shape index (κ1) is 14.6. The van der Waals surface area contributed by atoms with Gasteiger partial charge in [0, 0.05) is 26.4 Å². The number of hydrogen-bond donors (Lipinski definition) is 1. The lowest BCUT2D eigenvalue weighted by Gasteiger charge is -2.43. The fraction of sp³-hybridized carbons (Fsp3) is 1.00. The molecule has 0 amide bonds. The summed E-state index contributed by atoms with van der Waals surface area (Å²) >= 11 is 2.08. The van der Waals surface area contributed by atoms with Crippen molar-refractivity contribution < 1.29 is 9.47 Å². The van der Waals surface area contributed by atoms with Crippen molar-refractivity contribution in [3.8, 4) is 0 Å². The van der Waals surface area contributed by atoms with Crippen LogP contribution in [0.5, 0.6) is 0 Å². The van der Waals surface area contributed by atoms with E-state index in [4.69, 9.17) is 9.47 Å². The summed E-state index contributed by atoms with van der Waals surface area (Å²) in [4.78, 5) is 0. The first-order valence-corrected chi connectivity index (χ1v) is 8.44. The number of ether oxygens (including phenoxy) is 2. The molecule has 0 aromatic carbocycles. The Morgan fingerprint density at radius 1 is 1.33 bits per heavy atom. The first-order valence-electron chi connectivity index (χ1n) is 7.29. The minimum atomic E-state index is 0.216. The molecule has 0 bridgehead atoms. The Balaban J connectivity index is 1.66. The SMILES string of the molecule is COCCCCNC1CCOC2(CCSCC2)C1. The quantitative estimate of drug-likeness (QED) is 0.753. The second-order valence-corrected chi connectivity index (χ2v) is 6.71. The van der Waals surface area contributed by atoms with Gasteiger partial charge in [-0.05, 0) is 56.6 Å². The minimum Gasteiger partial charge on any atom is -0.385 e. The zero-order valence-corrected chi connectivity index (χ0v) is 12.4. The lowest BCUT2D eigenvalue weighted by molar-refractivity contribution is -0.0931. The summed E-state index contributed by atoms with van der Waals surface area (Å²) in [6.07, 6.45) is 7.28. The predicted molar refractivity (Wildman–Crippen MR) is 77.4 cm³/mol. The van der Waals surface area contributed by atoms with Gasteiger partial charge in [0.2, 0.25) is 0 Å². The molecule has 106 valence electrons. The number of nitrogens with one attached hydrogen (secondary N) is 1. The molecule has 2 rings (SSSR count).